The predicted octanol–water partition coefficient (Wildman–Crippen LogP) is 2.04. The van der Waals surface area contributed by atoms with E-state index in [4.69, 9.17) is 0 Å². The average molecular weight is 427 g/mol. The molecule has 8 heteroatoms. The zero-order chi connectivity index (χ0) is 22.2. The molecule has 0 aromatic heterocycles. The molecule has 3 fully saturated rings. The molecule has 3 aliphatic rings. The Morgan fingerprint density at radius 2 is 1.87 bits per heavy atom. The highest BCUT2D eigenvalue weighted by molar-refractivity contribution is 6.09. The summed E-state index contributed by atoms with van der Waals surface area (Å²) in [6.45, 7) is 2.05. The van der Waals surface area contributed by atoms with Crippen molar-refractivity contribution in [1.29, 1.82) is 0 Å². The lowest BCUT2D eigenvalue weighted by atomic mass is 9.73. The molecule has 2 N–H and O–H groups in total. The molecular formula is C23H30N4O4. The van der Waals surface area contributed by atoms with E-state index < -0.39 is 11.6 Å². The molecule has 4 rings (SSSR count). The molecule has 31 heavy (non-hydrogen) atoms. The van der Waals surface area contributed by atoms with Crippen LogP contribution in [0.25, 0.3) is 0 Å². The largest absolute Gasteiger partial charge is 0.349 e. The maximum atomic E-state index is 13.0. The van der Waals surface area contributed by atoms with E-state index in [1.165, 1.54) is 4.90 Å². The Labute approximate surface area is 182 Å². The zero-order valence-electron chi connectivity index (χ0n) is 18.1. The number of benzene rings is 1. The highest BCUT2D eigenvalue weighted by atomic mass is 16.2. The van der Waals surface area contributed by atoms with Crippen LogP contribution in [0.1, 0.15) is 61.4 Å². The third kappa shape index (κ3) is 4.29. The van der Waals surface area contributed by atoms with Crippen molar-refractivity contribution in [3.63, 3.8) is 0 Å². The summed E-state index contributed by atoms with van der Waals surface area (Å²) in [7, 11) is 1.65. The van der Waals surface area contributed by atoms with Gasteiger partial charge in [0.1, 0.15) is 12.1 Å². The van der Waals surface area contributed by atoms with E-state index in [9.17, 15) is 19.2 Å². The number of nitrogens with zero attached hydrogens (tertiary/aromatic N) is 2. The fraction of sp³-hybridized carbons (Fsp3) is 0.565. The summed E-state index contributed by atoms with van der Waals surface area (Å²) < 4.78 is 0. The lowest BCUT2D eigenvalue weighted by Crippen LogP contribution is -2.54. The number of carbonyl (C=O) groups is 4. The van der Waals surface area contributed by atoms with Crippen molar-refractivity contribution in [1.82, 2.24) is 20.4 Å². The minimum absolute atomic E-state index is 0.0613. The standard InChI is InChI=1S/C23H30N4O4/c1-15-5-3-4-12-23(15)21(30)27(22(31)25-23)14-19(28)26(2)13-16-6-8-17(9-7-16)20(29)24-18-10-11-18/h6-9,15,18H,3-5,10-14H2,1-2H3,(H,24,29)(H,25,31). The van der Waals surface area contributed by atoms with Crippen LogP contribution >= 0.6 is 0 Å². The molecule has 8 nitrogen and oxygen atoms in total. The zero-order valence-corrected chi connectivity index (χ0v) is 18.1. The van der Waals surface area contributed by atoms with E-state index in [2.05, 4.69) is 10.6 Å². The van der Waals surface area contributed by atoms with E-state index in [0.29, 0.717) is 24.6 Å². The third-order valence-corrected chi connectivity index (χ3v) is 6.77. The van der Waals surface area contributed by atoms with Gasteiger partial charge in [0.05, 0.1) is 0 Å². The SMILES string of the molecule is CC1CCCCC12NC(=O)N(CC(=O)N(C)Cc1ccc(C(=O)NC3CC3)cc1)C2=O. The van der Waals surface area contributed by atoms with Crippen LogP contribution in [-0.2, 0) is 16.1 Å². The second-order valence-corrected chi connectivity index (χ2v) is 9.13. The number of hydrogen-bond donors (Lipinski definition) is 2. The van der Waals surface area contributed by atoms with Crippen molar-refractivity contribution in [2.24, 2.45) is 5.92 Å². The summed E-state index contributed by atoms with van der Waals surface area (Å²) in [5.74, 6) is -0.605. The highest BCUT2D eigenvalue weighted by Gasteiger charge is 2.55. The summed E-state index contributed by atoms with van der Waals surface area (Å²) >= 11 is 0. The fourth-order valence-electron chi connectivity index (χ4n) is 4.51. The smallest absolute Gasteiger partial charge is 0.325 e. The molecule has 0 radical (unpaired) electrons. The summed E-state index contributed by atoms with van der Waals surface area (Å²) in [5, 5.41) is 5.82. The topological polar surface area (TPSA) is 98.8 Å². The van der Waals surface area contributed by atoms with E-state index in [1.54, 1.807) is 19.2 Å². The second-order valence-electron chi connectivity index (χ2n) is 9.13. The molecule has 2 atom stereocenters. The van der Waals surface area contributed by atoms with Gasteiger partial charge in [0.15, 0.2) is 0 Å². The predicted molar refractivity (Wildman–Crippen MR) is 114 cm³/mol. The monoisotopic (exact) mass is 426 g/mol. The molecular weight excluding hydrogens is 396 g/mol. The molecule has 1 aromatic carbocycles. The van der Waals surface area contributed by atoms with Gasteiger partial charge in [-0.2, -0.15) is 0 Å². The Hall–Kier alpha value is -2.90. The van der Waals surface area contributed by atoms with Crippen molar-refractivity contribution in [3.8, 4) is 0 Å². The Morgan fingerprint density at radius 3 is 2.52 bits per heavy atom. The lowest BCUT2D eigenvalue weighted by molar-refractivity contribution is -0.140. The average Bonchev–Trinajstić information content (AvgIpc) is 3.53. The molecule has 1 spiro atoms. The maximum absolute atomic E-state index is 13.0. The summed E-state index contributed by atoms with van der Waals surface area (Å²) in [6, 6.07) is 6.95. The van der Waals surface area contributed by atoms with Gasteiger partial charge in [0, 0.05) is 25.2 Å². The van der Waals surface area contributed by atoms with E-state index in [1.807, 2.05) is 19.1 Å². The number of rotatable bonds is 6. The van der Waals surface area contributed by atoms with Gasteiger partial charge in [0.2, 0.25) is 5.91 Å². The van der Waals surface area contributed by atoms with Crippen molar-refractivity contribution in [2.75, 3.05) is 13.6 Å². The first-order valence-electron chi connectivity index (χ1n) is 11.1. The van der Waals surface area contributed by atoms with Crippen molar-refractivity contribution in [3.05, 3.63) is 35.4 Å². The Kier molecular flexibility index (Phi) is 5.73. The van der Waals surface area contributed by atoms with Crippen LogP contribution in [0.15, 0.2) is 24.3 Å². The van der Waals surface area contributed by atoms with Crippen molar-refractivity contribution < 1.29 is 19.2 Å². The second kappa shape index (κ2) is 8.32. The van der Waals surface area contributed by atoms with Crippen LogP contribution in [0.2, 0.25) is 0 Å². The number of hydrogen-bond acceptors (Lipinski definition) is 4. The molecule has 2 aliphatic carbocycles. The van der Waals surface area contributed by atoms with Gasteiger partial charge in [-0.05, 0) is 49.3 Å². The quantitative estimate of drug-likeness (QED) is 0.680. The highest BCUT2D eigenvalue weighted by Crippen LogP contribution is 2.38. The normalized spacial score (nSPS) is 25.5. The van der Waals surface area contributed by atoms with Crippen LogP contribution in [-0.4, -0.2) is 58.7 Å². The molecule has 166 valence electrons. The molecule has 1 aliphatic heterocycles. The van der Waals surface area contributed by atoms with Gasteiger partial charge < -0.3 is 15.5 Å². The Balaban J connectivity index is 1.34. The van der Waals surface area contributed by atoms with E-state index >= 15 is 0 Å². The molecule has 5 amide bonds. The van der Waals surface area contributed by atoms with Crippen molar-refractivity contribution in [2.45, 2.75) is 63.6 Å². The van der Waals surface area contributed by atoms with Crippen LogP contribution in [0.4, 0.5) is 4.79 Å². The maximum Gasteiger partial charge on any atom is 0.325 e. The first kappa shape index (κ1) is 21.3. The minimum Gasteiger partial charge on any atom is -0.349 e. The number of imide groups is 1. The minimum atomic E-state index is -0.856. The van der Waals surface area contributed by atoms with E-state index in [-0.39, 0.29) is 30.2 Å². The molecule has 0 bridgehead atoms. The molecule has 2 unspecified atom stereocenters. The molecule has 1 heterocycles. The van der Waals surface area contributed by atoms with Crippen LogP contribution in [0, 0.1) is 5.92 Å². The van der Waals surface area contributed by atoms with E-state index in [0.717, 1.165) is 42.6 Å². The van der Waals surface area contributed by atoms with Crippen LogP contribution in [0.3, 0.4) is 0 Å². The number of urea groups is 1. The first-order valence-corrected chi connectivity index (χ1v) is 11.1. The van der Waals surface area contributed by atoms with Crippen LogP contribution < -0.4 is 10.6 Å². The summed E-state index contributed by atoms with van der Waals surface area (Å²) in [6.07, 6.45) is 5.53. The lowest BCUT2D eigenvalue weighted by Gasteiger charge is -2.36. The van der Waals surface area contributed by atoms with Crippen molar-refractivity contribution >= 4 is 23.8 Å². The number of nitrogens with one attached hydrogen (secondary N) is 2. The van der Waals surface area contributed by atoms with Gasteiger partial charge in [-0.15, -0.1) is 0 Å². The Morgan fingerprint density at radius 1 is 1.16 bits per heavy atom. The van der Waals surface area contributed by atoms with Gasteiger partial charge >= 0.3 is 6.03 Å². The summed E-state index contributed by atoms with van der Waals surface area (Å²) in [5.41, 5.74) is 0.606. The number of amides is 5. The number of likely N-dealkylation sites (N-methyl/N-ethyl adjacent to an activating group) is 1. The summed E-state index contributed by atoms with van der Waals surface area (Å²) in [4.78, 5) is 52.9. The molecule has 2 saturated carbocycles. The van der Waals surface area contributed by atoms with Gasteiger partial charge in [-0.3, -0.25) is 19.3 Å². The molecule has 1 saturated heterocycles. The number of carbonyl (C=O) groups excluding carboxylic acids is 4. The van der Waals surface area contributed by atoms with Crippen LogP contribution in [0.5, 0.6) is 0 Å². The van der Waals surface area contributed by atoms with Gasteiger partial charge in [-0.25, -0.2) is 4.79 Å². The van der Waals surface area contributed by atoms with Gasteiger partial charge in [0.25, 0.3) is 11.8 Å². The Bertz CT molecular complexity index is 895. The fourth-order valence-corrected chi connectivity index (χ4v) is 4.51. The van der Waals surface area contributed by atoms with Gasteiger partial charge in [-0.1, -0.05) is 31.9 Å². The third-order valence-electron chi connectivity index (χ3n) is 6.77. The molecule has 1 aromatic rings. The first-order chi connectivity index (χ1) is 14.8.